The molecule has 0 amide bonds. The van der Waals surface area contributed by atoms with E-state index in [1.165, 1.54) is 0 Å². The molecule has 2 rings (SSSR count). The molecular weight excluding hydrogens is 196 g/mol. The molecule has 1 atom stereocenters. The predicted octanol–water partition coefficient (Wildman–Crippen LogP) is 3.02. The predicted molar refractivity (Wildman–Crippen MR) is 65.7 cm³/mol. The summed E-state index contributed by atoms with van der Waals surface area (Å²) in [5.74, 6) is 2.30. The van der Waals surface area contributed by atoms with Crippen molar-refractivity contribution in [3.8, 4) is 23.5 Å². The average molecular weight is 208 g/mol. The molecule has 16 heavy (non-hydrogen) atoms. The normalized spacial score (nSPS) is 11.8. The Hall–Kier alpha value is -2.04. The van der Waals surface area contributed by atoms with E-state index in [9.17, 15) is 5.11 Å². The monoisotopic (exact) mass is 208 g/mol. The Bertz CT molecular complexity index is 491. The lowest BCUT2D eigenvalue weighted by atomic mass is 10.0. The fourth-order valence-electron chi connectivity index (χ4n) is 1.58. The van der Waals surface area contributed by atoms with E-state index in [0.717, 1.165) is 16.7 Å². The molecule has 0 saturated carbocycles. The molecule has 0 aromatic heterocycles. The number of aliphatic hydroxyl groups is 1. The minimum atomic E-state index is -0.815. The van der Waals surface area contributed by atoms with Crippen molar-refractivity contribution in [2.75, 3.05) is 0 Å². The highest BCUT2D eigenvalue weighted by Crippen LogP contribution is 2.21. The summed E-state index contributed by atoms with van der Waals surface area (Å²) in [4.78, 5) is 0. The van der Waals surface area contributed by atoms with Crippen LogP contribution in [0.3, 0.4) is 0 Å². The molecule has 1 nitrogen and oxygen atoms in total. The van der Waals surface area contributed by atoms with E-state index in [0.29, 0.717) is 0 Å². The second-order valence-corrected chi connectivity index (χ2v) is 3.56. The first kappa shape index (κ1) is 10.5. The molecular formula is C15H12O. The van der Waals surface area contributed by atoms with Crippen molar-refractivity contribution < 1.29 is 5.11 Å². The molecule has 2 aromatic carbocycles. The number of rotatable bonds is 2. The van der Waals surface area contributed by atoms with Gasteiger partial charge in [0.05, 0.1) is 0 Å². The fourth-order valence-corrected chi connectivity index (χ4v) is 1.58. The molecule has 78 valence electrons. The van der Waals surface area contributed by atoms with Crippen molar-refractivity contribution in [2.24, 2.45) is 0 Å². The summed E-state index contributed by atoms with van der Waals surface area (Å²) in [7, 11) is 0. The summed E-state index contributed by atoms with van der Waals surface area (Å²) >= 11 is 0. The van der Waals surface area contributed by atoms with E-state index in [1.807, 2.05) is 54.6 Å². The zero-order chi connectivity index (χ0) is 11.4. The largest absolute Gasteiger partial charge is 0.376 e. The van der Waals surface area contributed by atoms with E-state index < -0.39 is 6.10 Å². The highest BCUT2D eigenvalue weighted by molar-refractivity contribution is 5.63. The van der Waals surface area contributed by atoms with Crippen LogP contribution in [0.25, 0.3) is 11.1 Å². The van der Waals surface area contributed by atoms with Crippen molar-refractivity contribution >= 4 is 0 Å². The summed E-state index contributed by atoms with van der Waals surface area (Å²) in [5.41, 5.74) is 3.03. The van der Waals surface area contributed by atoms with Gasteiger partial charge in [-0.05, 0) is 16.7 Å². The summed E-state index contributed by atoms with van der Waals surface area (Å²) in [6, 6.07) is 17.7. The minimum absolute atomic E-state index is 0.752. The second kappa shape index (κ2) is 4.65. The number of hydrogen-bond acceptors (Lipinski definition) is 1. The van der Waals surface area contributed by atoms with Gasteiger partial charge in [0.25, 0.3) is 0 Å². The van der Waals surface area contributed by atoms with E-state index in [2.05, 4.69) is 5.92 Å². The van der Waals surface area contributed by atoms with Gasteiger partial charge >= 0.3 is 0 Å². The average Bonchev–Trinajstić information content (AvgIpc) is 2.39. The van der Waals surface area contributed by atoms with Crippen LogP contribution in [0.1, 0.15) is 11.7 Å². The second-order valence-electron chi connectivity index (χ2n) is 3.56. The van der Waals surface area contributed by atoms with E-state index in [-0.39, 0.29) is 0 Å². The standard InChI is InChI=1S/C15H12O/c1-2-15(16)14-10-8-13(9-11-14)12-6-4-3-5-7-12/h1,3-11,15-16H/t15-/m0/s1. The number of aliphatic hydroxyl groups excluding tert-OH is 1. The van der Waals surface area contributed by atoms with Gasteiger partial charge in [-0.15, -0.1) is 6.42 Å². The number of hydrogen-bond donors (Lipinski definition) is 1. The first-order valence-corrected chi connectivity index (χ1v) is 5.11. The Labute approximate surface area is 95.4 Å². The van der Waals surface area contributed by atoms with Crippen molar-refractivity contribution in [3.63, 3.8) is 0 Å². The molecule has 0 bridgehead atoms. The smallest absolute Gasteiger partial charge is 0.139 e. The Morgan fingerprint density at radius 3 is 2.00 bits per heavy atom. The van der Waals surface area contributed by atoms with Gasteiger partial charge in [0.15, 0.2) is 0 Å². The molecule has 0 saturated heterocycles. The third-order valence-corrected chi connectivity index (χ3v) is 2.49. The zero-order valence-corrected chi connectivity index (χ0v) is 8.80. The molecule has 0 aliphatic rings. The van der Waals surface area contributed by atoms with Gasteiger partial charge in [0.1, 0.15) is 6.10 Å². The minimum Gasteiger partial charge on any atom is -0.376 e. The van der Waals surface area contributed by atoms with Gasteiger partial charge in [-0.2, -0.15) is 0 Å². The molecule has 0 spiro atoms. The highest BCUT2D eigenvalue weighted by atomic mass is 16.3. The van der Waals surface area contributed by atoms with Crippen LogP contribution in [-0.4, -0.2) is 5.11 Å². The summed E-state index contributed by atoms with van der Waals surface area (Å²) in [6.45, 7) is 0. The van der Waals surface area contributed by atoms with Crippen molar-refractivity contribution in [1.82, 2.24) is 0 Å². The van der Waals surface area contributed by atoms with Crippen molar-refractivity contribution in [1.29, 1.82) is 0 Å². The maximum absolute atomic E-state index is 9.45. The maximum Gasteiger partial charge on any atom is 0.139 e. The first-order chi connectivity index (χ1) is 7.81. The zero-order valence-electron chi connectivity index (χ0n) is 8.80. The first-order valence-electron chi connectivity index (χ1n) is 5.11. The van der Waals surface area contributed by atoms with E-state index >= 15 is 0 Å². The van der Waals surface area contributed by atoms with Gasteiger partial charge in [0, 0.05) is 0 Å². The Kier molecular flexibility index (Phi) is 3.05. The lowest BCUT2D eigenvalue weighted by molar-refractivity contribution is 0.238. The third kappa shape index (κ3) is 2.13. The fraction of sp³-hybridized carbons (Fsp3) is 0.0667. The van der Waals surface area contributed by atoms with Gasteiger partial charge in [-0.1, -0.05) is 60.5 Å². The maximum atomic E-state index is 9.45. The van der Waals surface area contributed by atoms with Crippen LogP contribution in [0.4, 0.5) is 0 Å². The van der Waals surface area contributed by atoms with Crippen LogP contribution in [-0.2, 0) is 0 Å². The Morgan fingerprint density at radius 1 is 0.875 bits per heavy atom. The lowest BCUT2D eigenvalue weighted by Gasteiger charge is -2.05. The van der Waals surface area contributed by atoms with Gasteiger partial charge in [-0.3, -0.25) is 0 Å². The van der Waals surface area contributed by atoms with Crippen LogP contribution in [0.15, 0.2) is 54.6 Å². The summed E-state index contributed by atoms with van der Waals surface area (Å²) in [6.07, 6.45) is 4.34. The number of benzene rings is 2. The van der Waals surface area contributed by atoms with Crippen LogP contribution in [0.2, 0.25) is 0 Å². The SMILES string of the molecule is C#C[C@H](O)c1ccc(-c2ccccc2)cc1. The molecule has 0 radical (unpaired) electrons. The summed E-state index contributed by atoms with van der Waals surface area (Å²) < 4.78 is 0. The molecule has 0 aliphatic heterocycles. The molecule has 0 heterocycles. The van der Waals surface area contributed by atoms with Gasteiger partial charge in [-0.25, -0.2) is 0 Å². The molecule has 1 N–H and O–H groups in total. The van der Waals surface area contributed by atoms with Crippen LogP contribution < -0.4 is 0 Å². The van der Waals surface area contributed by atoms with Gasteiger partial charge in [0.2, 0.25) is 0 Å². The van der Waals surface area contributed by atoms with E-state index in [1.54, 1.807) is 0 Å². The van der Waals surface area contributed by atoms with Crippen LogP contribution in [0.5, 0.6) is 0 Å². The van der Waals surface area contributed by atoms with E-state index in [4.69, 9.17) is 6.42 Å². The topological polar surface area (TPSA) is 20.2 Å². The third-order valence-electron chi connectivity index (χ3n) is 2.49. The molecule has 1 heteroatoms. The van der Waals surface area contributed by atoms with Crippen molar-refractivity contribution in [2.45, 2.75) is 6.10 Å². The van der Waals surface area contributed by atoms with Crippen molar-refractivity contribution in [3.05, 3.63) is 60.2 Å². The Morgan fingerprint density at radius 2 is 1.44 bits per heavy atom. The van der Waals surface area contributed by atoms with Crippen LogP contribution >= 0.6 is 0 Å². The molecule has 0 fully saturated rings. The quantitative estimate of drug-likeness (QED) is 0.752. The number of terminal acetylenes is 1. The molecule has 0 aliphatic carbocycles. The lowest BCUT2D eigenvalue weighted by Crippen LogP contribution is -1.92. The van der Waals surface area contributed by atoms with Gasteiger partial charge < -0.3 is 5.11 Å². The van der Waals surface area contributed by atoms with Crippen LogP contribution in [0, 0.1) is 12.3 Å². The molecule has 0 unspecified atom stereocenters. The highest BCUT2D eigenvalue weighted by Gasteiger charge is 2.03. The Balaban J connectivity index is 2.31. The summed E-state index contributed by atoms with van der Waals surface area (Å²) in [5, 5.41) is 9.45. The molecule has 2 aromatic rings.